The van der Waals surface area contributed by atoms with Crippen LogP contribution in [0.1, 0.15) is 32.3 Å². The second-order valence-electron chi connectivity index (χ2n) is 5.58. The fourth-order valence-electron chi connectivity index (χ4n) is 2.41. The van der Waals surface area contributed by atoms with Crippen molar-refractivity contribution in [2.24, 2.45) is 0 Å². The predicted octanol–water partition coefficient (Wildman–Crippen LogP) is 2.95. The lowest BCUT2D eigenvalue weighted by Gasteiger charge is -2.25. The largest absolute Gasteiger partial charge is 0.372 e. The minimum absolute atomic E-state index is 0.0240. The third-order valence-corrected chi connectivity index (χ3v) is 3.47. The highest BCUT2D eigenvalue weighted by Crippen LogP contribution is 2.30. The van der Waals surface area contributed by atoms with Gasteiger partial charge in [0.05, 0.1) is 23.3 Å². The van der Waals surface area contributed by atoms with E-state index in [0.717, 1.165) is 25.1 Å². The summed E-state index contributed by atoms with van der Waals surface area (Å²) < 4.78 is 5.99. The van der Waals surface area contributed by atoms with Gasteiger partial charge in [0.15, 0.2) is 0 Å². The molecule has 3 nitrogen and oxygen atoms in total. The van der Waals surface area contributed by atoms with Crippen LogP contribution in [0.3, 0.4) is 0 Å². The molecule has 0 saturated carbocycles. The highest BCUT2D eigenvalue weighted by molar-refractivity contribution is 5.49. The van der Waals surface area contributed by atoms with E-state index in [-0.39, 0.29) is 5.60 Å². The molecule has 0 bridgehead atoms. The van der Waals surface area contributed by atoms with Crippen LogP contribution in [0.2, 0.25) is 0 Å². The van der Waals surface area contributed by atoms with Crippen LogP contribution in [-0.2, 0) is 4.74 Å². The van der Waals surface area contributed by atoms with Gasteiger partial charge in [-0.1, -0.05) is 0 Å². The van der Waals surface area contributed by atoms with Gasteiger partial charge in [-0.15, -0.1) is 0 Å². The molecule has 1 aliphatic rings. The molecule has 0 spiro atoms. The molecule has 0 aromatic heterocycles. The van der Waals surface area contributed by atoms with Crippen LogP contribution in [0.15, 0.2) is 24.3 Å². The molecule has 1 aromatic carbocycles. The van der Waals surface area contributed by atoms with Gasteiger partial charge in [0.1, 0.15) is 0 Å². The minimum atomic E-state index is 0.0240. The fraction of sp³-hybridized carbons (Fsp3) is 0.533. The van der Waals surface area contributed by atoms with Crippen LogP contribution < -0.4 is 4.90 Å². The summed E-state index contributed by atoms with van der Waals surface area (Å²) in [5.74, 6) is 0. The van der Waals surface area contributed by atoms with E-state index in [0.29, 0.717) is 11.7 Å². The quantitative estimate of drug-likeness (QED) is 0.820. The smallest absolute Gasteiger partial charge is 0.0991 e. The fourth-order valence-corrected chi connectivity index (χ4v) is 2.41. The molecule has 1 unspecified atom stereocenters. The van der Waals surface area contributed by atoms with Crippen LogP contribution in [0.5, 0.6) is 0 Å². The Kier molecular flexibility index (Phi) is 3.58. The second kappa shape index (κ2) is 4.99. The summed E-state index contributed by atoms with van der Waals surface area (Å²) >= 11 is 0. The molecule has 18 heavy (non-hydrogen) atoms. The summed E-state index contributed by atoms with van der Waals surface area (Å²) in [6.45, 7) is 5.19. The lowest BCUT2D eigenvalue weighted by atomic mass is 10.1. The van der Waals surface area contributed by atoms with Gasteiger partial charge in [-0.25, -0.2) is 0 Å². The minimum Gasteiger partial charge on any atom is -0.372 e. The van der Waals surface area contributed by atoms with Crippen molar-refractivity contribution < 1.29 is 4.74 Å². The molecule has 1 heterocycles. The van der Waals surface area contributed by atoms with Crippen molar-refractivity contribution in [1.82, 2.24) is 0 Å². The van der Waals surface area contributed by atoms with E-state index >= 15 is 0 Å². The summed E-state index contributed by atoms with van der Waals surface area (Å²) in [4.78, 5) is 2.19. The average molecular weight is 244 g/mol. The zero-order valence-corrected chi connectivity index (χ0v) is 11.3. The van der Waals surface area contributed by atoms with Crippen LogP contribution >= 0.6 is 0 Å². The number of nitriles is 1. The molecule has 1 aliphatic heterocycles. The van der Waals surface area contributed by atoms with Crippen LogP contribution in [0, 0.1) is 11.3 Å². The van der Waals surface area contributed by atoms with E-state index in [9.17, 15) is 0 Å². The number of benzene rings is 1. The van der Waals surface area contributed by atoms with E-state index in [4.69, 9.17) is 10.00 Å². The van der Waals surface area contributed by atoms with Crippen molar-refractivity contribution >= 4 is 5.69 Å². The Labute approximate surface area is 109 Å². The Morgan fingerprint density at radius 1 is 1.39 bits per heavy atom. The zero-order chi connectivity index (χ0) is 13.2. The number of nitrogens with zero attached hydrogens (tertiary/aromatic N) is 2. The average Bonchev–Trinajstić information content (AvgIpc) is 2.68. The van der Waals surface area contributed by atoms with E-state index in [1.165, 1.54) is 0 Å². The number of rotatable bonds is 3. The molecule has 3 heteroatoms. The number of likely N-dealkylation sites (N-methyl/N-ethyl adjacent to an activating group) is 1. The van der Waals surface area contributed by atoms with Crippen molar-refractivity contribution in [2.45, 2.75) is 38.4 Å². The van der Waals surface area contributed by atoms with Crippen molar-refractivity contribution in [3.05, 3.63) is 29.8 Å². The molecule has 96 valence electrons. The van der Waals surface area contributed by atoms with Crippen molar-refractivity contribution in [3.63, 3.8) is 0 Å². The molecule has 0 N–H and O–H groups in total. The Hall–Kier alpha value is -1.53. The first-order valence-corrected chi connectivity index (χ1v) is 6.39. The van der Waals surface area contributed by atoms with Gasteiger partial charge < -0.3 is 9.64 Å². The molecule has 0 aliphatic carbocycles. The first kappa shape index (κ1) is 12.9. The Bertz CT molecular complexity index is 445. The number of anilines is 1. The maximum Gasteiger partial charge on any atom is 0.0991 e. The Morgan fingerprint density at radius 2 is 2.06 bits per heavy atom. The molecule has 2 rings (SSSR count). The van der Waals surface area contributed by atoms with Gasteiger partial charge >= 0.3 is 0 Å². The normalized spacial score (nSPS) is 21.6. The van der Waals surface area contributed by atoms with Gasteiger partial charge in [0.25, 0.3) is 0 Å². The molecule has 1 aromatic rings. The standard InChI is InChI=1S/C15H20N2O/c1-15(2)9-8-14(18-15)11-17(3)13-6-4-12(10-16)5-7-13/h4-7,14H,8-9,11H2,1-3H3. The first-order valence-electron chi connectivity index (χ1n) is 6.39. The topological polar surface area (TPSA) is 36.3 Å². The summed E-state index contributed by atoms with van der Waals surface area (Å²) in [6.07, 6.45) is 2.55. The van der Waals surface area contributed by atoms with Crippen molar-refractivity contribution in [1.29, 1.82) is 5.26 Å². The van der Waals surface area contributed by atoms with Gasteiger partial charge in [0.2, 0.25) is 0 Å². The maximum absolute atomic E-state index is 8.77. The van der Waals surface area contributed by atoms with Crippen molar-refractivity contribution in [2.75, 3.05) is 18.5 Å². The third kappa shape index (κ3) is 3.02. The summed E-state index contributed by atoms with van der Waals surface area (Å²) in [5, 5.41) is 8.77. The molecule has 1 saturated heterocycles. The van der Waals surface area contributed by atoms with E-state index in [2.05, 4.69) is 31.9 Å². The number of ether oxygens (including phenoxy) is 1. The van der Waals surface area contributed by atoms with Gasteiger partial charge in [-0.2, -0.15) is 5.26 Å². The molecule has 1 atom stereocenters. The number of hydrogen-bond donors (Lipinski definition) is 0. The Morgan fingerprint density at radius 3 is 2.56 bits per heavy atom. The molecular formula is C15H20N2O. The monoisotopic (exact) mass is 244 g/mol. The highest BCUT2D eigenvalue weighted by atomic mass is 16.5. The number of hydrogen-bond acceptors (Lipinski definition) is 3. The lowest BCUT2D eigenvalue weighted by molar-refractivity contribution is -0.0111. The predicted molar refractivity (Wildman–Crippen MR) is 72.6 cm³/mol. The van der Waals surface area contributed by atoms with E-state index < -0.39 is 0 Å². The van der Waals surface area contributed by atoms with Gasteiger partial charge in [0, 0.05) is 19.3 Å². The molecule has 1 fully saturated rings. The highest BCUT2D eigenvalue weighted by Gasteiger charge is 2.32. The van der Waals surface area contributed by atoms with Crippen LogP contribution in [-0.4, -0.2) is 25.3 Å². The van der Waals surface area contributed by atoms with Crippen LogP contribution in [0.4, 0.5) is 5.69 Å². The summed E-state index contributed by atoms with van der Waals surface area (Å²) in [6, 6.07) is 9.81. The molecule has 0 radical (unpaired) electrons. The summed E-state index contributed by atoms with van der Waals surface area (Å²) in [7, 11) is 2.07. The molecular weight excluding hydrogens is 224 g/mol. The maximum atomic E-state index is 8.77. The van der Waals surface area contributed by atoms with Gasteiger partial charge in [-0.05, 0) is 51.0 Å². The van der Waals surface area contributed by atoms with E-state index in [1.54, 1.807) is 0 Å². The van der Waals surface area contributed by atoms with Gasteiger partial charge in [-0.3, -0.25) is 0 Å². The zero-order valence-electron chi connectivity index (χ0n) is 11.3. The third-order valence-electron chi connectivity index (χ3n) is 3.47. The molecule has 0 amide bonds. The SMILES string of the molecule is CN(CC1CCC(C)(C)O1)c1ccc(C#N)cc1. The Balaban J connectivity index is 1.95. The summed E-state index contributed by atoms with van der Waals surface area (Å²) in [5.41, 5.74) is 1.85. The van der Waals surface area contributed by atoms with Crippen molar-refractivity contribution in [3.8, 4) is 6.07 Å². The first-order chi connectivity index (χ1) is 8.50. The van der Waals surface area contributed by atoms with E-state index in [1.807, 2.05) is 24.3 Å². The second-order valence-corrected chi connectivity index (χ2v) is 5.58. The lowest BCUT2D eigenvalue weighted by Crippen LogP contribution is -2.30. The van der Waals surface area contributed by atoms with Crippen LogP contribution in [0.25, 0.3) is 0 Å².